The molecule has 0 saturated carbocycles. The first-order valence-electron chi connectivity index (χ1n) is 10.6. The van der Waals surface area contributed by atoms with Crippen molar-refractivity contribution in [2.24, 2.45) is 0 Å². The largest absolute Gasteiger partial charge is 0.392 e. The molecule has 0 radical (unpaired) electrons. The van der Waals surface area contributed by atoms with Gasteiger partial charge in [0.2, 0.25) is 0 Å². The van der Waals surface area contributed by atoms with Crippen molar-refractivity contribution in [2.75, 3.05) is 37.7 Å². The van der Waals surface area contributed by atoms with Crippen LogP contribution in [0.5, 0.6) is 0 Å². The highest BCUT2D eigenvalue weighted by atomic mass is 32.2. The highest BCUT2D eigenvalue weighted by Gasteiger charge is 2.08. The van der Waals surface area contributed by atoms with Gasteiger partial charge in [-0.05, 0) is 64.7 Å². The molecule has 25 heavy (non-hydrogen) atoms. The third-order valence-electron chi connectivity index (χ3n) is 4.32. The first-order chi connectivity index (χ1) is 12.2. The third-order valence-corrected chi connectivity index (χ3v) is 5.56. The van der Waals surface area contributed by atoms with E-state index >= 15 is 0 Å². The number of hydrogen-bond acceptors (Lipinski definition) is 5. The van der Waals surface area contributed by atoms with E-state index in [1.165, 1.54) is 38.5 Å². The summed E-state index contributed by atoms with van der Waals surface area (Å²) in [5.41, 5.74) is 0. The molecule has 0 amide bonds. The van der Waals surface area contributed by atoms with E-state index in [0.717, 1.165) is 63.4 Å². The second-order valence-electron chi connectivity index (χ2n) is 7.04. The summed E-state index contributed by atoms with van der Waals surface area (Å²) in [6.07, 6.45) is 10.9. The Morgan fingerprint density at radius 2 is 1.04 bits per heavy atom. The van der Waals surface area contributed by atoms with Gasteiger partial charge in [0.25, 0.3) is 0 Å². The molecule has 4 N–H and O–H groups in total. The first kappa shape index (κ1) is 25.2. The van der Waals surface area contributed by atoms with Crippen molar-refractivity contribution in [1.82, 2.24) is 10.6 Å². The van der Waals surface area contributed by atoms with Crippen LogP contribution in [-0.4, -0.2) is 60.1 Å². The molecule has 0 aliphatic heterocycles. The monoisotopic (exact) mass is 376 g/mol. The minimum atomic E-state index is -0.241. The highest BCUT2D eigenvalue weighted by molar-refractivity contribution is 7.99. The zero-order chi connectivity index (χ0) is 18.6. The van der Waals surface area contributed by atoms with E-state index in [-0.39, 0.29) is 12.2 Å². The van der Waals surface area contributed by atoms with Crippen LogP contribution in [0.2, 0.25) is 0 Å². The summed E-state index contributed by atoms with van der Waals surface area (Å²) in [4.78, 5) is 0. The fourth-order valence-electron chi connectivity index (χ4n) is 2.68. The molecule has 4 nitrogen and oxygen atoms in total. The van der Waals surface area contributed by atoms with Crippen LogP contribution in [0.3, 0.4) is 0 Å². The lowest BCUT2D eigenvalue weighted by Crippen LogP contribution is -2.21. The molecule has 0 aromatic rings. The molecule has 152 valence electrons. The lowest BCUT2D eigenvalue weighted by molar-refractivity contribution is 0.181. The Morgan fingerprint density at radius 3 is 1.44 bits per heavy atom. The highest BCUT2D eigenvalue weighted by Crippen LogP contribution is 2.11. The molecule has 5 heteroatoms. The standard InChI is InChI=1S/C20H44N2O2S/c1-3-5-7-13-21-15-9-11-19(23)17-25-18-20(24)12-10-16-22-14-8-6-4-2/h19-24H,3-18H2,1-2H3. The average Bonchev–Trinajstić information content (AvgIpc) is 2.60. The van der Waals surface area contributed by atoms with Crippen LogP contribution in [0.4, 0.5) is 0 Å². The first-order valence-corrected chi connectivity index (χ1v) is 11.7. The summed E-state index contributed by atoms with van der Waals surface area (Å²) in [6.45, 7) is 8.63. The molecular formula is C20H44N2O2S. The molecule has 0 aromatic heterocycles. The second kappa shape index (κ2) is 20.5. The Balaban J connectivity index is 3.29. The van der Waals surface area contributed by atoms with Crippen LogP contribution in [0.25, 0.3) is 0 Å². The van der Waals surface area contributed by atoms with Crippen molar-refractivity contribution in [3.63, 3.8) is 0 Å². The minimum Gasteiger partial charge on any atom is -0.392 e. The van der Waals surface area contributed by atoms with E-state index < -0.39 is 0 Å². The van der Waals surface area contributed by atoms with Gasteiger partial charge in [-0.3, -0.25) is 0 Å². The van der Waals surface area contributed by atoms with Crippen LogP contribution in [0.1, 0.15) is 78.1 Å². The minimum absolute atomic E-state index is 0.241. The van der Waals surface area contributed by atoms with Gasteiger partial charge in [-0.1, -0.05) is 39.5 Å². The normalized spacial score (nSPS) is 13.9. The van der Waals surface area contributed by atoms with Crippen LogP contribution >= 0.6 is 11.8 Å². The van der Waals surface area contributed by atoms with E-state index in [2.05, 4.69) is 24.5 Å². The van der Waals surface area contributed by atoms with Gasteiger partial charge < -0.3 is 20.8 Å². The number of aliphatic hydroxyl groups excluding tert-OH is 2. The van der Waals surface area contributed by atoms with Crippen LogP contribution in [-0.2, 0) is 0 Å². The number of aliphatic hydroxyl groups is 2. The number of rotatable bonds is 20. The lowest BCUT2D eigenvalue weighted by Gasteiger charge is -2.13. The molecule has 0 spiro atoms. The van der Waals surface area contributed by atoms with Crippen molar-refractivity contribution in [3.8, 4) is 0 Å². The van der Waals surface area contributed by atoms with Gasteiger partial charge in [-0.15, -0.1) is 0 Å². The molecule has 0 saturated heterocycles. The Hall–Kier alpha value is 0.190. The zero-order valence-electron chi connectivity index (χ0n) is 16.8. The predicted octanol–water partition coefficient (Wildman–Crippen LogP) is 3.56. The van der Waals surface area contributed by atoms with Crippen molar-refractivity contribution in [2.45, 2.75) is 90.3 Å². The molecule has 0 fully saturated rings. The van der Waals surface area contributed by atoms with Crippen LogP contribution < -0.4 is 10.6 Å². The molecule has 0 aliphatic carbocycles. The van der Waals surface area contributed by atoms with Gasteiger partial charge in [0.05, 0.1) is 12.2 Å². The quantitative estimate of drug-likeness (QED) is 0.245. The number of nitrogens with one attached hydrogen (secondary N) is 2. The van der Waals surface area contributed by atoms with E-state index in [4.69, 9.17) is 0 Å². The fourth-order valence-corrected chi connectivity index (χ4v) is 3.70. The summed E-state index contributed by atoms with van der Waals surface area (Å²) in [7, 11) is 0. The van der Waals surface area contributed by atoms with E-state index in [9.17, 15) is 10.2 Å². The maximum Gasteiger partial charge on any atom is 0.0631 e. The second-order valence-corrected chi connectivity index (χ2v) is 8.12. The summed E-state index contributed by atoms with van der Waals surface area (Å²) in [6, 6.07) is 0. The van der Waals surface area contributed by atoms with Crippen LogP contribution in [0, 0.1) is 0 Å². The summed E-state index contributed by atoms with van der Waals surface area (Å²) in [5, 5.41) is 26.8. The van der Waals surface area contributed by atoms with Crippen molar-refractivity contribution >= 4 is 11.8 Å². The average molecular weight is 377 g/mol. The maximum absolute atomic E-state index is 9.98. The summed E-state index contributed by atoms with van der Waals surface area (Å²) < 4.78 is 0. The van der Waals surface area contributed by atoms with Gasteiger partial charge in [-0.2, -0.15) is 11.8 Å². The number of hydrogen-bond donors (Lipinski definition) is 4. The lowest BCUT2D eigenvalue weighted by atomic mass is 10.2. The Morgan fingerprint density at radius 1 is 0.640 bits per heavy atom. The topological polar surface area (TPSA) is 64.5 Å². The molecule has 0 heterocycles. The van der Waals surface area contributed by atoms with Crippen molar-refractivity contribution in [3.05, 3.63) is 0 Å². The molecular weight excluding hydrogens is 332 g/mol. The molecule has 2 atom stereocenters. The van der Waals surface area contributed by atoms with E-state index in [1.54, 1.807) is 11.8 Å². The van der Waals surface area contributed by atoms with Crippen LogP contribution in [0.15, 0.2) is 0 Å². The van der Waals surface area contributed by atoms with Gasteiger partial charge in [0.15, 0.2) is 0 Å². The van der Waals surface area contributed by atoms with Crippen molar-refractivity contribution < 1.29 is 10.2 Å². The van der Waals surface area contributed by atoms with Gasteiger partial charge in [0, 0.05) is 11.5 Å². The SMILES string of the molecule is CCCCCNCCCC(O)CSCC(O)CCCNCCCCC. The molecule has 2 unspecified atom stereocenters. The predicted molar refractivity (Wildman–Crippen MR) is 113 cm³/mol. The molecule has 0 bridgehead atoms. The Labute approximate surface area is 160 Å². The summed E-state index contributed by atoms with van der Waals surface area (Å²) in [5.74, 6) is 1.48. The van der Waals surface area contributed by atoms with Gasteiger partial charge >= 0.3 is 0 Å². The Bertz CT molecular complexity index is 234. The Kier molecular flexibility index (Phi) is 20.7. The molecule has 0 aromatic carbocycles. The fraction of sp³-hybridized carbons (Fsp3) is 1.00. The zero-order valence-corrected chi connectivity index (χ0v) is 17.6. The maximum atomic E-state index is 9.98. The smallest absolute Gasteiger partial charge is 0.0631 e. The molecule has 0 aliphatic rings. The number of thioether (sulfide) groups is 1. The molecule has 0 rings (SSSR count). The van der Waals surface area contributed by atoms with E-state index in [0.29, 0.717) is 0 Å². The summed E-state index contributed by atoms with van der Waals surface area (Å²) >= 11 is 1.68. The van der Waals surface area contributed by atoms with Gasteiger partial charge in [-0.25, -0.2) is 0 Å². The van der Waals surface area contributed by atoms with Gasteiger partial charge in [0.1, 0.15) is 0 Å². The van der Waals surface area contributed by atoms with E-state index in [1.807, 2.05) is 0 Å². The third kappa shape index (κ3) is 20.4. The van der Waals surface area contributed by atoms with Crippen molar-refractivity contribution in [1.29, 1.82) is 0 Å². The number of unbranched alkanes of at least 4 members (excludes halogenated alkanes) is 4.